The second-order valence-corrected chi connectivity index (χ2v) is 14.4. The van der Waals surface area contributed by atoms with Gasteiger partial charge in [0.2, 0.25) is 11.8 Å². The molecule has 2 N–H and O–H groups in total. The Balaban J connectivity index is 1.54. The van der Waals surface area contributed by atoms with Crippen LogP contribution in [0.4, 0.5) is 5.69 Å². The summed E-state index contributed by atoms with van der Waals surface area (Å²) in [5.41, 5.74) is 1.34. The highest BCUT2D eigenvalue weighted by molar-refractivity contribution is 7.15. The van der Waals surface area contributed by atoms with Gasteiger partial charge in [-0.15, -0.1) is 11.3 Å². The zero-order valence-electron chi connectivity index (χ0n) is 26.3. The van der Waals surface area contributed by atoms with Crippen molar-refractivity contribution in [3.05, 3.63) is 39.7 Å². The molecule has 2 aliphatic carbocycles. The normalized spacial score (nSPS) is 22.5. The van der Waals surface area contributed by atoms with Gasteiger partial charge in [0.15, 0.2) is 0 Å². The number of amides is 1. The molecule has 2 heterocycles. The number of rotatable bonds is 10. The standard InChI is InChI=1S/C34H47N3O5S/c1-23-6-8-25(9-7-23)32(39)37(29-21-28(14-16-34(2,3)4)43-31(29)33(40)41)26-10-12-27(13-11-26)42-30-20-24(15-17-35-30)22-36(5)18-19-38/h15,17,20-21,23,25-27,38H,6-13,18-19,22H2,1-5H3,(H,40,41)/t23-,25-,26-,27-. The molecule has 0 saturated heterocycles. The van der Waals surface area contributed by atoms with E-state index in [-0.39, 0.29) is 40.9 Å². The Kier molecular flexibility index (Phi) is 11.3. The second kappa shape index (κ2) is 14.7. The molecule has 4 rings (SSSR count). The minimum Gasteiger partial charge on any atom is -0.477 e. The highest BCUT2D eigenvalue weighted by atomic mass is 32.1. The van der Waals surface area contributed by atoms with Gasteiger partial charge in [-0.05, 0) is 103 Å². The third kappa shape index (κ3) is 9.28. The zero-order valence-corrected chi connectivity index (χ0v) is 27.1. The maximum absolute atomic E-state index is 14.2. The SMILES string of the molecule is CN(CCO)Cc1ccnc(O[C@H]2CC[C@H](N(c3cc(C#CC(C)(C)C)sc3C(=O)O)C(=O)[C@H]3CC[C@H](C)CC3)CC2)c1. The van der Waals surface area contributed by atoms with Crippen LogP contribution in [0.3, 0.4) is 0 Å². The average Bonchev–Trinajstić information content (AvgIpc) is 3.37. The number of thiophene rings is 1. The number of aromatic nitrogens is 1. The molecule has 2 aromatic rings. The molecule has 1 amide bonds. The zero-order chi connectivity index (χ0) is 31.1. The number of hydrogen-bond acceptors (Lipinski definition) is 7. The Morgan fingerprint density at radius 3 is 2.42 bits per heavy atom. The molecule has 0 radical (unpaired) electrons. The predicted molar refractivity (Wildman–Crippen MR) is 171 cm³/mol. The van der Waals surface area contributed by atoms with E-state index in [1.807, 2.05) is 55.8 Å². The molecule has 0 bridgehead atoms. The molecule has 8 nitrogen and oxygen atoms in total. The van der Waals surface area contributed by atoms with Crippen LogP contribution in [0.2, 0.25) is 0 Å². The van der Waals surface area contributed by atoms with Crippen LogP contribution in [0.25, 0.3) is 0 Å². The summed E-state index contributed by atoms with van der Waals surface area (Å²) in [5.74, 6) is 6.50. The number of carboxylic acids is 1. The molecule has 0 aliphatic heterocycles. The minimum atomic E-state index is -1.02. The van der Waals surface area contributed by atoms with Crippen molar-refractivity contribution in [1.29, 1.82) is 0 Å². The van der Waals surface area contributed by atoms with Gasteiger partial charge in [0.1, 0.15) is 11.0 Å². The Labute approximate surface area is 260 Å². The number of hydrogen-bond donors (Lipinski definition) is 2. The molecule has 2 aliphatic rings. The van der Waals surface area contributed by atoms with Crippen molar-refractivity contribution < 1.29 is 24.5 Å². The predicted octanol–water partition coefficient (Wildman–Crippen LogP) is 6.21. The van der Waals surface area contributed by atoms with Crippen LogP contribution < -0.4 is 9.64 Å². The van der Waals surface area contributed by atoms with Gasteiger partial charge < -0.3 is 19.8 Å². The fourth-order valence-electron chi connectivity index (χ4n) is 5.99. The van der Waals surface area contributed by atoms with Crippen LogP contribution in [0.1, 0.15) is 99.2 Å². The van der Waals surface area contributed by atoms with Crippen LogP contribution >= 0.6 is 11.3 Å². The number of carboxylic acid groups (broad SMARTS) is 1. The van der Waals surface area contributed by atoms with Gasteiger partial charge in [0.05, 0.1) is 17.2 Å². The first-order valence-corrected chi connectivity index (χ1v) is 16.4. The fourth-order valence-corrected chi connectivity index (χ4v) is 6.83. The molecule has 0 spiro atoms. The lowest BCUT2D eigenvalue weighted by molar-refractivity contribution is -0.124. The molecule has 234 valence electrons. The van der Waals surface area contributed by atoms with Gasteiger partial charge in [0, 0.05) is 42.7 Å². The van der Waals surface area contributed by atoms with Gasteiger partial charge in [-0.1, -0.05) is 18.8 Å². The Hall–Kier alpha value is -2.93. The number of carbonyl (C=O) groups is 2. The van der Waals surface area contributed by atoms with Crippen LogP contribution in [-0.2, 0) is 11.3 Å². The minimum absolute atomic E-state index is 0.0312. The molecule has 2 fully saturated rings. The smallest absolute Gasteiger partial charge is 0.348 e. The number of ether oxygens (including phenoxy) is 1. The van der Waals surface area contributed by atoms with E-state index < -0.39 is 5.97 Å². The van der Waals surface area contributed by atoms with Gasteiger partial charge in [-0.25, -0.2) is 9.78 Å². The van der Waals surface area contributed by atoms with Crippen molar-refractivity contribution in [2.24, 2.45) is 17.3 Å². The summed E-state index contributed by atoms with van der Waals surface area (Å²) in [7, 11) is 1.96. The largest absolute Gasteiger partial charge is 0.477 e. The van der Waals surface area contributed by atoms with E-state index in [1.165, 1.54) is 0 Å². The Morgan fingerprint density at radius 2 is 1.79 bits per heavy atom. The van der Waals surface area contributed by atoms with Crippen molar-refractivity contribution in [2.45, 2.75) is 97.8 Å². The maximum atomic E-state index is 14.2. The topological polar surface area (TPSA) is 103 Å². The number of aliphatic hydroxyl groups excluding tert-OH is 1. The van der Waals surface area contributed by atoms with Gasteiger partial charge in [-0.3, -0.25) is 9.69 Å². The fraction of sp³-hybridized carbons (Fsp3) is 0.618. The lowest BCUT2D eigenvalue weighted by Gasteiger charge is -2.39. The highest BCUT2D eigenvalue weighted by Crippen LogP contribution is 2.39. The van der Waals surface area contributed by atoms with E-state index in [0.717, 1.165) is 68.3 Å². The first-order valence-electron chi connectivity index (χ1n) is 15.6. The number of nitrogens with zero attached hydrogens (tertiary/aromatic N) is 3. The van der Waals surface area contributed by atoms with Crippen molar-refractivity contribution >= 4 is 28.9 Å². The number of pyridine rings is 1. The number of anilines is 1. The van der Waals surface area contributed by atoms with E-state index in [4.69, 9.17) is 4.74 Å². The summed E-state index contributed by atoms with van der Waals surface area (Å²) >= 11 is 1.16. The third-order valence-electron chi connectivity index (χ3n) is 8.36. The molecule has 0 aromatic carbocycles. The van der Waals surface area contributed by atoms with Gasteiger partial charge in [0.25, 0.3) is 0 Å². The summed E-state index contributed by atoms with van der Waals surface area (Å²) in [6, 6.07) is 5.62. The number of carbonyl (C=O) groups excluding carboxylic acids is 1. The number of aliphatic hydroxyl groups is 1. The monoisotopic (exact) mass is 609 g/mol. The number of likely N-dealkylation sites (N-methyl/N-ethyl adjacent to an activating group) is 1. The number of aromatic carboxylic acids is 1. The lowest BCUT2D eigenvalue weighted by atomic mass is 9.81. The molecule has 2 saturated carbocycles. The van der Waals surface area contributed by atoms with E-state index in [1.54, 1.807) is 6.20 Å². The van der Waals surface area contributed by atoms with Gasteiger partial charge in [-0.2, -0.15) is 0 Å². The van der Waals surface area contributed by atoms with E-state index in [0.29, 0.717) is 35.5 Å². The third-order valence-corrected chi connectivity index (χ3v) is 9.39. The molecule has 2 aromatic heterocycles. The average molecular weight is 610 g/mol. The van der Waals surface area contributed by atoms with Crippen LogP contribution in [0, 0.1) is 29.1 Å². The maximum Gasteiger partial charge on any atom is 0.348 e. The molecule has 0 atom stereocenters. The quantitative estimate of drug-likeness (QED) is 0.309. The highest BCUT2D eigenvalue weighted by Gasteiger charge is 2.38. The Bertz CT molecular complexity index is 1310. The van der Waals surface area contributed by atoms with E-state index in [9.17, 15) is 19.8 Å². The lowest BCUT2D eigenvalue weighted by Crippen LogP contribution is -2.47. The van der Waals surface area contributed by atoms with Crippen LogP contribution in [0.15, 0.2) is 24.4 Å². The van der Waals surface area contributed by atoms with Crippen molar-refractivity contribution in [3.63, 3.8) is 0 Å². The van der Waals surface area contributed by atoms with Crippen molar-refractivity contribution in [2.75, 3.05) is 25.1 Å². The second-order valence-electron chi connectivity index (χ2n) is 13.3. The first-order chi connectivity index (χ1) is 20.4. The molecule has 0 unspecified atom stereocenters. The van der Waals surface area contributed by atoms with E-state index in [2.05, 4.69) is 23.7 Å². The molecular formula is C34H47N3O5S. The molecule has 43 heavy (non-hydrogen) atoms. The van der Waals surface area contributed by atoms with Crippen molar-refractivity contribution in [1.82, 2.24) is 9.88 Å². The summed E-state index contributed by atoms with van der Waals surface area (Å²) in [4.78, 5) is 35.8. The van der Waals surface area contributed by atoms with Crippen molar-refractivity contribution in [3.8, 4) is 17.7 Å². The first kappa shape index (κ1) is 33.0. The molecular weight excluding hydrogens is 562 g/mol. The summed E-state index contributed by atoms with van der Waals surface area (Å²) < 4.78 is 6.30. The van der Waals surface area contributed by atoms with E-state index >= 15 is 0 Å². The summed E-state index contributed by atoms with van der Waals surface area (Å²) in [6.45, 7) is 9.70. The van der Waals surface area contributed by atoms with Crippen LogP contribution in [-0.4, -0.2) is 64.3 Å². The Morgan fingerprint density at radius 1 is 1.09 bits per heavy atom. The van der Waals surface area contributed by atoms with Gasteiger partial charge >= 0.3 is 5.97 Å². The molecule has 9 heteroatoms. The summed E-state index contributed by atoms with van der Waals surface area (Å²) in [6.07, 6.45) is 8.36. The summed E-state index contributed by atoms with van der Waals surface area (Å²) in [5, 5.41) is 19.4. The van der Waals surface area contributed by atoms with Crippen LogP contribution in [0.5, 0.6) is 5.88 Å².